The molecule has 0 aromatic heterocycles. The van der Waals surface area contributed by atoms with Crippen LogP contribution in [-0.2, 0) is 14.3 Å². The Labute approximate surface area is 71.3 Å². The van der Waals surface area contributed by atoms with Gasteiger partial charge in [-0.25, -0.2) is 4.79 Å². The van der Waals surface area contributed by atoms with E-state index in [1.807, 2.05) is 0 Å². The summed E-state index contributed by atoms with van der Waals surface area (Å²) in [5.74, 6) is -0.250. The molecule has 2 aliphatic heterocycles. The standard InChI is InChI=1S/C9H12O3/c1-7-5-9(12-8(7)10)3-2-4-11-6-9/h1-6H2. The van der Waals surface area contributed by atoms with Crippen LogP contribution in [0.25, 0.3) is 0 Å². The molecule has 2 heterocycles. The number of carbonyl (C=O) groups is 1. The minimum atomic E-state index is -0.355. The molecular formula is C9H12O3. The van der Waals surface area contributed by atoms with Crippen LogP contribution in [0.1, 0.15) is 19.3 Å². The molecular weight excluding hydrogens is 156 g/mol. The lowest BCUT2D eigenvalue weighted by Gasteiger charge is -2.30. The molecule has 2 fully saturated rings. The van der Waals surface area contributed by atoms with Crippen LogP contribution in [0.15, 0.2) is 12.2 Å². The zero-order valence-corrected chi connectivity index (χ0v) is 6.97. The van der Waals surface area contributed by atoms with Gasteiger partial charge < -0.3 is 9.47 Å². The number of rotatable bonds is 0. The molecule has 0 aliphatic carbocycles. The van der Waals surface area contributed by atoms with Crippen LogP contribution in [0.2, 0.25) is 0 Å². The highest BCUT2D eigenvalue weighted by atomic mass is 16.6. The monoisotopic (exact) mass is 168 g/mol. The van der Waals surface area contributed by atoms with E-state index in [2.05, 4.69) is 6.58 Å². The molecule has 2 saturated heterocycles. The third-order valence-electron chi connectivity index (χ3n) is 2.42. The maximum atomic E-state index is 11.1. The lowest BCUT2D eigenvalue weighted by Crippen LogP contribution is -2.38. The molecule has 0 radical (unpaired) electrons. The van der Waals surface area contributed by atoms with Gasteiger partial charge in [-0.15, -0.1) is 0 Å². The summed E-state index contributed by atoms with van der Waals surface area (Å²) >= 11 is 0. The highest BCUT2D eigenvalue weighted by Gasteiger charge is 2.44. The molecule has 1 unspecified atom stereocenters. The minimum Gasteiger partial charge on any atom is -0.453 e. The number of hydrogen-bond donors (Lipinski definition) is 0. The molecule has 1 spiro atoms. The van der Waals surface area contributed by atoms with E-state index in [4.69, 9.17) is 9.47 Å². The van der Waals surface area contributed by atoms with Crippen molar-refractivity contribution in [2.24, 2.45) is 0 Å². The largest absolute Gasteiger partial charge is 0.453 e. The molecule has 12 heavy (non-hydrogen) atoms. The van der Waals surface area contributed by atoms with Gasteiger partial charge in [0.05, 0.1) is 6.61 Å². The number of carbonyl (C=O) groups excluding carboxylic acids is 1. The van der Waals surface area contributed by atoms with Gasteiger partial charge in [0.15, 0.2) is 0 Å². The van der Waals surface area contributed by atoms with Crippen molar-refractivity contribution in [1.29, 1.82) is 0 Å². The Kier molecular flexibility index (Phi) is 1.68. The molecule has 0 aromatic rings. The predicted octanol–water partition coefficient (Wildman–Crippen LogP) is 1.04. The Hall–Kier alpha value is -0.830. The van der Waals surface area contributed by atoms with Crippen LogP contribution in [0.3, 0.4) is 0 Å². The summed E-state index contributed by atoms with van der Waals surface area (Å²) in [7, 11) is 0. The quantitative estimate of drug-likeness (QED) is 0.400. The van der Waals surface area contributed by atoms with Crippen molar-refractivity contribution in [1.82, 2.24) is 0 Å². The van der Waals surface area contributed by atoms with Gasteiger partial charge in [-0.1, -0.05) is 6.58 Å². The van der Waals surface area contributed by atoms with E-state index in [1.54, 1.807) is 0 Å². The molecule has 0 bridgehead atoms. The summed E-state index contributed by atoms with van der Waals surface area (Å²) in [6, 6.07) is 0. The molecule has 0 N–H and O–H groups in total. The first-order valence-corrected chi connectivity index (χ1v) is 4.21. The van der Waals surface area contributed by atoms with Gasteiger partial charge in [0, 0.05) is 18.6 Å². The first-order chi connectivity index (χ1) is 5.72. The lowest BCUT2D eigenvalue weighted by molar-refractivity contribution is -0.157. The van der Waals surface area contributed by atoms with E-state index in [0.29, 0.717) is 18.6 Å². The Balaban J connectivity index is 2.12. The molecule has 3 nitrogen and oxygen atoms in total. The van der Waals surface area contributed by atoms with E-state index >= 15 is 0 Å². The van der Waals surface area contributed by atoms with Crippen LogP contribution in [0.4, 0.5) is 0 Å². The molecule has 66 valence electrons. The number of esters is 1. The smallest absolute Gasteiger partial charge is 0.334 e. The van der Waals surface area contributed by atoms with Crippen molar-refractivity contribution in [2.45, 2.75) is 24.9 Å². The van der Waals surface area contributed by atoms with E-state index in [9.17, 15) is 4.79 Å². The Morgan fingerprint density at radius 3 is 2.83 bits per heavy atom. The van der Waals surface area contributed by atoms with E-state index in [1.165, 1.54) is 0 Å². The second-order valence-electron chi connectivity index (χ2n) is 3.51. The summed E-state index contributed by atoms with van der Waals surface area (Å²) in [6.45, 7) is 4.98. The summed E-state index contributed by atoms with van der Waals surface area (Å²) in [5.41, 5.74) is 0.229. The zero-order chi connectivity index (χ0) is 8.60. The molecule has 0 saturated carbocycles. The van der Waals surface area contributed by atoms with Crippen molar-refractivity contribution in [2.75, 3.05) is 13.2 Å². The normalized spacial score (nSPS) is 35.7. The molecule has 3 heteroatoms. The summed E-state index contributed by atoms with van der Waals surface area (Å²) < 4.78 is 10.5. The third kappa shape index (κ3) is 1.14. The van der Waals surface area contributed by atoms with Crippen LogP contribution >= 0.6 is 0 Å². The SMILES string of the molecule is C=C1CC2(CCCOC2)OC1=O. The van der Waals surface area contributed by atoms with Crippen LogP contribution in [-0.4, -0.2) is 24.8 Å². The molecule has 0 amide bonds. The van der Waals surface area contributed by atoms with Gasteiger partial charge in [0.1, 0.15) is 5.60 Å². The topological polar surface area (TPSA) is 35.5 Å². The second kappa shape index (κ2) is 2.59. The molecule has 1 atom stereocenters. The first-order valence-electron chi connectivity index (χ1n) is 4.21. The van der Waals surface area contributed by atoms with E-state index in [-0.39, 0.29) is 11.6 Å². The fourth-order valence-corrected chi connectivity index (χ4v) is 1.81. The Morgan fingerprint density at radius 2 is 2.33 bits per heavy atom. The van der Waals surface area contributed by atoms with Gasteiger partial charge in [-0.2, -0.15) is 0 Å². The van der Waals surface area contributed by atoms with Crippen molar-refractivity contribution < 1.29 is 14.3 Å². The van der Waals surface area contributed by atoms with E-state index < -0.39 is 0 Å². The average molecular weight is 168 g/mol. The third-order valence-corrected chi connectivity index (χ3v) is 2.42. The number of hydrogen-bond acceptors (Lipinski definition) is 3. The maximum Gasteiger partial charge on any atom is 0.334 e. The molecule has 2 rings (SSSR count). The predicted molar refractivity (Wildman–Crippen MR) is 42.6 cm³/mol. The van der Waals surface area contributed by atoms with Gasteiger partial charge in [-0.05, 0) is 12.8 Å². The van der Waals surface area contributed by atoms with Crippen molar-refractivity contribution in [3.63, 3.8) is 0 Å². The van der Waals surface area contributed by atoms with Crippen LogP contribution in [0, 0.1) is 0 Å². The van der Waals surface area contributed by atoms with Crippen LogP contribution in [0.5, 0.6) is 0 Å². The van der Waals surface area contributed by atoms with Gasteiger partial charge in [-0.3, -0.25) is 0 Å². The van der Waals surface area contributed by atoms with E-state index in [0.717, 1.165) is 19.4 Å². The van der Waals surface area contributed by atoms with Crippen molar-refractivity contribution in [3.8, 4) is 0 Å². The first kappa shape index (κ1) is 7.80. The maximum absolute atomic E-state index is 11.1. The Morgan fingerprint density at radius 1 is 1.50 bits per heavy atom. The summed E-state index contributed by atoms with van der Waals surface area (Å²) in [5, 5.41) is 0. The van der Waals surface area contributed by atoms with Crippen molar-refractivity contribution >= 4 is 5.97 Å². The highest BCUT2D eigenvalue weighted by Crippen LogP contribution is 2.36. The minimum absolute atomic E-state index is 0.250. The van der Waals surface area contributed by atoms with Gasteiger partial charge in [0.25, 0.3) is 0 Å². The average Bonchev–Trinajstić information content (AvgIpc) is 2.29. The Bertz CT molecular complexity index is 208. The van der Waals surface area contributed by atoms with Gasteiger partial charge >= 0.3 is 5.97 Å². The summed E-state index contributed by atoms with van der Waals surface area (Å²) in [4.78, 5) is 11.1. The fraction of sp³-hybridized carbons (Fsp3) is 0.667. The summed E-state index contributed by atoms with van der Waals surface area (Å²) in [6.07, 6.45) is 2.53. The van der Waals surface area contributed by atoms with Crippen molar-refractivity contribution in [3.05, 3.63) is 12.2 Å². The number of ether oxygens (including phenoxy) is 2. The zero-order valence-electron chi connectivity index (χ0n) is 6.97. The highest BCUT2D eigenvalue weighted by molar-refractivity contribution is 5.90. The van der Waals surface area contributed by atoms with Crippen LogP contribution < -0.4 is 0 Å². The second-order valence-corrected chi connectivity index (χ2v) is 3.51. The fourth-order valence-electron chi connectivity index (χ4n) is 1.81. The molecule has 2 aliphatic rings. The van der Waals surface area contributed by atoms with Gasteiger partial charge in [0.2, 0.25) is 0 Å². The molecule has 0 aromatic carbocycles. The lowest BCUT2D eigenvalue weighted by atomic mass is 9.92.